The van der Waals surface area contributed by atoms with Crippen molar-refractivity contribution in [3.05, 3.63) is 48.1 Å². The first kappa shape index (κ1) is 13.5. The number of allylic oxidation sites excluding steroid dienone is 4. The quantitative estimate of drug-likeness (QED) is 0.788. The highest BCUT2D eigenvalue weighted by Gasteiger charge is 2.06. The van der Waals surface area contributed by atoms with Crippen molar-refractivity contribution in [1.82, 2.24) is 0 Å². The molecule has 0 aliphatic heterocycles. The maximum atomic E-state index is 9.25. The van der Waals surface area contributed by atoms with E-state index in [1.807, 2.05) is 56.3 Å². The SMILES string of the molecule is C/C=C\C(=C\C)c1ccccc1OCC(C)O. The van der Waals surface area contributed by atoms with Crippen LogP contribution in [0.25, 0.3) is 5.57 Å². The zero-order chi connectivity index (χ0) is 12.7. The highest BCUT2D eigenvalue weighted by molar-refractivity contribution is 5.77. The molecule has 1 unspecified atom stereocenters. The van der Waals surface area contributed by atoms with E-state index in [1.165, 1.54) is 0 Å². The number of hydrogen-bond donors (Lipinski definition) is 1. The number of rotatable bonds is 5. The van der Waals surface area contributed by atoms with E-state index in [1.54, 1.807) is 6.92 Å². The van der Waals surface area contributed by atoms with Gasteiger partial charge in [-0.15, -0.1) is 0 Å². The van der Waals surface area contributed by atoms with Crippen molar-refractivity contribution in [2.75, 3.05) is 6.61 Å². The van der Waals surface area contributed by atoms with E-state index in [4.69, 9.17) is 4.74 Å². The van der Waals surface area contributed by atoms with Crippen molar-refractivity contribution in [3.63, 3.8) is 0 Å². The lowest BCUT2D eigenvalue weighted by atomic mass is 10.0. The summed E-state index contributed by atoms with van der Waals surface area (Å²) in [5, 5.41) is 9.25. The van der Waals surface area contributed by atoms with Crippen LogP contribution in [0.1, 0.15) is 26.3 Å². The molecule has 1 rings (SSSR count). The lowest BCUT2D eigenvalue weighted by molar-refractivity contribution is 0.122. The zero-order valence-electron chi connectivity index (χ0n) is 10.7. The Kier molecular flexibility index (Phi) is 5.50. The van der Waals surface area contributed by atoms with Crippen LogP contribution in [0.2, 0.25) is 0 Å². The van der Waals surface area contributed by atoms with Crippen LogP contribution in [0.5, 0.6) is 5.75 Å². The van der Waals surface area contributed by atoms with Crippen LogP contribution in [0.4, 0.5) is 0 Å². The molecule has 0 saturated heterocycles. The average molecular weight is 232 g/mol. The monoisotopic (exact) mass is 232 g/mol. The van der Waals surface area contributed by atoms with Gasteiger partial charge in [-0.25, -0.2) is 0 Å². The van der Waals surface area contributed by atoms with Crippen LogP contribution in [0, 0.1) is 0 Å². The second-order valence-electron chi connectivity index (χ2n) is 3.90. The summed E-state index contributed by atoms with van der Waals surface area (Å²) in [5.74, 6) is 0.805. The van der Waals surface area contributed by atoms with Gasteiger partial charge < -0.3 is 9.84 Å². The molecule has 2 heteroatoms. The van der Waals surface area contributed by atoms with Gasteiger partial charge in [0, 0.05) is 5.56 Å². The molecule has 0 spiro atoms. The second kappa shape index (κ2) is 6.92. The summed E-state index contributed by atoms with van der Waals surface area (Å²) in [6.07, 6.45) is 5.63. The summed E-state index contributed by atoms with van der Waals surface area (Å²) in [4.78, 5) is 0. The van der Waals surface area contributed by atoms with Crippen LogP contribution < -0.4 is 4.74 Å². The number of hydrogen-bond acceptors (Lipinski definition) is 2. The molecule has 1 aromatic rings. The number of benzene rings is 1. The van der Waals surface area contributed by atoms with Gasteiger partial charge in [-0.2, -0.15) is 0 Å². The third-order valence-corrected chi connectivity index (χ3v) is 2.34. The molecular formula is C15H20O2. The summed E-state index contributed by atoms with van der Waals surface area (Å²) in [5.41, 5.74) is 2.17. The molecule has 0 radical (unpaired) electrons. The number of aliphatic hydroxyl groups is 1. The van der Waals surface area contributed by atoms with Gasteiger partial charge in [0.05, 0.1) is 6.10 Å². The fourth-order valence-corrected chi connectivity index (χ4v) is 1.56. The van der Waals surface area contributed by atoms with Crippen LogP contribution in [-0.2, 0) is 0 Å². The summed E-state index contributed by atoms with van der Waals surface area (Å²) in [6, 6.07) is 7.86. The maximum Gasteiger partial charge on any atom is 0.127 e. The number of ether oxygens (including phenoxy) is 1. The summed E-state index contributed by atoms with van der Waals surface area (Å²) >= 11 is 0. The molecule has 0 fully saturated rings. The molecule has 1 atom stereocenters. The Labute approximate surface area is 103 Å². The van der Waals surface area contributed by atoms with Crippen molar-refractivity contribution in [2.45, 2.75) is 26.9 Å². The fraction of sp³-hybridized carbons (Fsp3) is 0.333. The zero-order valence-corrected chi connectivity index (χ0v) is 10.7. The van der Waals surface area contributed by atoms with E-state index in [0.717, 1.165) is 16.9 Å². The summed E-state index contributed by atoms with van der Waals surface area (Å²) in [7, 11) is 0. The molecule has 0 bridgehead atoms. The highest BCUT2D eigenvalue weighted by Crippen LogP contribution is 2.26. The molecule has 1 aromatic carbocycles. The van der Waals surface area contributed by atoms with Crippen LogP contribution >= 0.6 is 0 Å². The maximum absolute atomic E-state index is 9.25. The third kappa shape index (κ3) is 4.08. The number of aliphatic hydroxyl groups excluding tert-OH is 1. The Balaban J connectivity index is 2.98. The molecule has 0 aliphatic rings. The molecule has 0 heterocycles. The minimum Gasteiger partial charge on any atom is -0.490 e. The van der Waals surface area contributed by atoms with E-state index < -0.39 is 6.10 Å². The predicted octanol–water partition coefficient (Wildman–Crippen LogP) is 3.43. The normalized spacial score (nSPS) is 14.0. The molecular weight excluding hydrogens is 212 g/mol. The van der Waals surface area contributed by atoms with E-state index in [9.17, 15) is 5.11 Å². The highest BCUT2D eigenvalue weighted by atomic mass is 16.5. The van der Waals surface area contributed by atoms with Gasteiger partial charge in [0.2, 0.25) is 0 Å². The van der Waals surface area contributed by atoms with E-state index in [2.05, 4.69) is 0 Å². The van der Waals surface area contributed by atoms with Crippen molar-refractivity contribution >= 4 is 5.57 Å². The first-order valence-corrected chi connectivity index (χ1v) is 5.88. The fourth-order valence-electron chi connectivity index (χ4n) is 1.56. The third-order valence-electron chi connectivity index (χ3n) is 2.34. The van der Waals surface area contributed by atoms with Gasteiger partial charge in [-0.05, 0) is 32.4 Å². The lowest BCUT2D eigenvalue weighted by Crippen LogP contribution is -2.13. The molecule has 0 aromatic heterocycles. The molecule has 17 heavy (non-hydrogen) atoms. The minimum absolute atomic E-state index is 0.309. The lowest BCUT2D eigenvalue weighted by Gasteiger charge is -2.13. The standard InChI is InChI=1S/C15H20O2/c1-4-8-13(5-2)14-9-6-7-10-15(14)17-11-12(3)16/h4-10,12,16H,11H2,1-3H3/b8-4-,13-5-. The van der Waals surface area contributed by atoms with Gasteiger partial charge >= 0.3 is 0 Å². The molecule has 92 valence electrons. The Bertz CT molecular complexity index is 403. The topological polar surface area (TPSA) is 29.5 Å². The molecule has 0 saturated carbocycles. The van der Waals surface area contributed by atoms with E-state index in [-0.39, 0.29) is 0 Å². The molecule has 2 nitrogen and oxygen atoms in total. The smallest absolute Gasteiger partial charge is 0.127 e. The van der Waals surface area contributed by atoms with Gasteiger partial charge in [0.25, 0.3) is 0 Å². The van der Waals surface area contributed by atoms with Crippen molar-refractivity contribution in [1.29, 1.82) is 0 Å². The molecule has 0 aliphatic carbocycles. The van der Waals surface area contributed by atoms with Crippen LogP contribution in [0.15, 0.2) is 42.5 Å². The van der Waals surface area contributed by atoms with Crippen LogP contribution in [-0.4, -0.2) is 17.8 Å². The first-order valence-electron chi connectivity index (χ1n) is 5.88. The van der Waals surface area contributed by atoms with Crippen molar-refractivity contribution in [3.8, 4) is 5.75 Å². The Morgan fingerprint density at radius 3 is 2.65 bits per heavy atom. The van der Waals surface area contributed by atoms with Crippen molar-refractivity contribution < 1.29 is 9.84 Å². The Hall–Kier alpha value is -1.54. The predicted molar refractivity (Wildman–Crippen MR) is 72.1 cm³/mol. The second-order valence-corrected chi connectivity index (χ2v) is 3.90. The van der Waals surface area contributed by atoms with Gasteiger partial charge in [0.15, 0.2) is 0 Å². The Morgan fingerprint density at radius 2 is 2.06 bits per heavy atom. The largest absolute Gasteiger partial charge is 0.490 e. The summed E-state index contributed by atoms with van der Waals surface area (Å²) in [6.45, 7) is 6.01. The van der Waals surface area contributed by atoms with Gasteiger partial charge in [0.1, 0.15) is 12.4 Å². The molecule has 1 N–H and O–H groups in total. The van der Waals surface area contributed by atoms with E-state index >= 15 is 0 Å². The van der Waals surface area contributed by atoms with Crippen LogP contribution in [0.3, 0.4) is 0 Å². The van der Waals surface area contributed by atoms with Gasteiger partial charge in [-0.3, -0.25) is 0 Å². The van der Waals surface area contributed by atoms with E-state index in [0.29, 0.717) is 6.61 Å². The van der Waals surface area contributed by atoms with Gasteiger partial charge in [-0.1, -0.05) is 36.4 Å². The number of para-hydroxylation sites is 1. The summed E-state index contributed by atoms with van der Waals surface area (Å²) < 4.78 is 5.60. The minimum atomic E-state index is -0.459. The Morgan fingerprint density at radius 1 is 1.35 bits per heavy atom. The van der Waals surface area contributed by atoms with Crippen molar-refractivity contribution in [2.24, 2.45) is 0 Å². The first-order chi connectivity index (χ1) is 8.19. The average Bonchev–Trinajstić information content (AvgIpc) is 2.34. The molecule has 0 amide bonds.